The smallest absolute Gasteiger partial charge is 0.229 e. The Morgan fingerprint density at radius 1 is 1.07 bits per heavy atom. The molecule has 0 unspecified atom stereocenters. The Balaban J connectivity index is 1.61. The normalized spacial score (nSPS) is 17.4. The van der Waals surface area contributed by atoms with Gasteiger partial charge in [-0.25, -0.2) is 0 Å². The molecule has 2 atom stereocenters. The van der Waals surface area contributed by atoms with Crippen LogP contribution in [0.15, 0.2) is 60.7 Å². The van der Waals surface area contributed by atoms with Gasteiger partial charge in [0, 0.05) is 25.6 Å². The molecule has 0 saturated carbocycles. The SMILES string of the molecule is CC(=O)N[C@@H](CC(=O)N[C@@H]1CC(=O)N(c2ccccc2)C1)c1ccccc1. The maximum Gasteiger partial charge on any atom is 0.229 e. The lowest BCUT2D eigenvalue weighted by Crippen LogP contribution is -2.39. The maximum atomic E-state index is 12.5. The standard InChI is InChI=1S/C21H23N3O3/c1-15(25)22-19(16-8-4-2-5-9-16)13-20(26)23-17-12-21(27)24(14-17)18-10-6-3-7-11-18/h2-11,17,19H,12-14H2,1H3,(H,22,25)(H,23,26)/t17-,19+/m1/s1. The molecule has 0 aromatic heterocycles. The molecule has 0 aliphatic carbocycles. The second kappa shape index (κ2) is 8.49. The van der Waals surface area contributed by atoms with E-state index in [1.54, 1.807) is 4.90 Å². The highest BCUT2D eigenvalue weighted by atomic mass is 16.2. The number of carbonyl (C=O) groups excluding carboxylic acids is 3. The van der Waals surface area contributed by atoms with Crippen LogP contribution in [0.4, 0.5) is 5.69 Å². The highest BCUT2D eigenvalue weighted by Crippen LogP contribution is 2.22. The van der Waals surface area contributed by atoms with E-state index in [-0.39, 0.29) is 36.6 Å². The molecule has 1 fully saturated rings. The minimum atomic E-state index is -0.397. The number of anilines is 1. The second-order valence-electron chi connectivity index (χ2n) is 6.68. The van der Waals surface area contributed by atoms with Crippen molar-refractivity contribution in [1.29, 1.82) is 0 Å². The zero-order chi connectivity index (χ0) is 19.2. The van der Waals surface area contributed by atoms with Gasteiger partial charge in [-0.15, -0.1) is 0 Å². The molecule has 2 N–H and O–H groups in total. The number of carbonyl (C=O) groups is 3. The Morgan fingerprint density at radius 2 is 1.70 bits per heavy atom. The molecule has 1 aliphatic heterocycles. The van der Waals surface area contributed by atoms with Crippen molar-refractivity contribution in [2.45, 2.75) is 31.8 Å². The zero-order valence-corrected chi connectivity index (χ0v) is 15.2. The van der Waals surface area contributed by atoms with E-state index < -0.39 is 6.04 Å². The molecule has 6 nitrogen and oxygen atoms in total. The first-order valence-electron chi connectivity index (χ1n) is 9.00. The minimum Gasteiger partial charge on any atom is -0.351 e. The molecule has 2 aromatic rings. The van der Waals surface area contributed by atoms with Gasteiger partial charge >= 0.3 is 0 Å². The van der Waals surface area contributed by atoms with Crippen molar-refractivity contribution in [3.8, 4) is 0 Å². The molecular formula is C21H23N3O3. The molecule has 140 valence electrons. The summed E-state index contributed by atoms with van der Waals surface area (Å²) >= 11 is 0. The predicted octanol–water partition coefficient (Wildman–Crippen LogP) is 2.18. The van der Waals surface area contributed by atoms with Gasteiger partial charge in [-0.05, 0) is 17.7 Å². The number of para-hydroxylation sites is 1. The van der Waals surface area contributed by atoms with Crippen LogP contribution in [0, 0.1) is 0 Å². The predicted molar refractivity (Wildman–Crippen MR) is 103 cm³/mol. The number of benzene rings is 2. The van der Waals surface area contributed by atoms with Crippen molar-refractivity contribution in [2.24, 2.45) is 0 Å². The molecule has 27 heavy (non-hydrogen) atoms. The number of hydrogen-bond acceptors (Lipinski definition) is 3. The summed E-state index contributed by atoms with van der Waals surface area (Å²) in [5.74, 6) is -0.388. The topological polar surface area (TPSA) is 78.5 Å². The van der Waals surface area contributed by atoms with Crippen molar-refractivity contribution in [3.63, 3.8) is 0 Å². The fourth-order valence-corrected chi connectivity index (χ4v) is 3.32. The van der Waals surface area contributed by atoms with Gasteiger partial charge < -0.3 is 15.5 Å². The largest absolute Gasteiger partial charge is 0.351 e. The molecule has 3 rings (SSSR count). The Kier molecular flexibility index (Phi) is 5.86. The maximum absolute atomic E-state index is 12.5. The lowest BCUT2D eigenvalue weighted by Gasteiger charge is -2.20. The van der Waals surface area contributed by atoms with Crippen LogP contribution >= 0.6 is 0 Å². The quantitative estimate of drug-likeness (QED) is 0.824. The average Bonchev–Trinajstić information content (AvgIpc) is 3.02. The van der Waals surface area contributed by atoms with E-state index in [0.29, 0.717) is 6.54 Å². The van der Waals surface area contributed by atoms with Crippen LogP contribution in [0.25, 0.3) is 0 Å². The lowest BCUT2D eigenvalue weighted by molar-refractivity contribution is -0.123. The fraction of sp³-hybridized carbons (Fsp3) is 0.286. The monoisotopic (exact) mass is 365 g/mol. The van der Waals surface area contributed by atoms with Crippen molar-refractivity contribution in [3.05, 3.63) is 66.2 Å². The third-order valence-electron chi connectivity index (χ3n) is 4.53. The number of nitrogens with one attached hydrogen (secondary N) is 2. The molecule has 2 aromatic carbocycles. The van der Waals surface area contributed by atoms with Gasteiger partial charge in [0.15, 0.2) is 0 Å². The highest BCUT2D eigenvalue weighted by molar-refractivity contribution is 5.96. The van der Waals surface area contributed by atoms with Crippen LogP contribution < -0.4 is 15.5 Å². The van der Waals surface area contributed by atoms with Crippen molar-refractivity contribution in [2.75, 3.05) is 11.4 Å². The summed E-state index contributed by atoms with van der Waals surface area (Å²) in [6.07, 6.45) is 0.399. The third kappa shape index (κ3) is 4.94. The van der Waals surface area contributed by atoms with E-state index in [4.69, 9.17) is 0 Å². The van der Waals surface area contributed by atoms with Crippen LogP contribution in [0.1, 0.15) is 31.4 Å². The zero-order valence-electron chi connectivity index (χ0n) is 15.2. The Hall–Kier alpha value is -3.15. The molecular weight excluding hydrogens is 342 g/mol. The second-order valence-corrected chi connectivity index (χ2v) is 6.68. The lowest BCUT2D eigenvalue weighted by atomic mass is 10.0. The summed E-state index contributed by atoms with van der Waals surface area (Å²) in [5.41, 5.74) is 1.70. The first kappa shape index (κ1) is 18.6. The van der Waals surface area contributed by atoms with Crippen molar-refractivity contribution < 1.29 is 14.4 Å². The van der Waals surface area contributed by atoms with Gasteiger partial charge in [-0.3, -0.25) is 14.4 Å². The van der Waals surface area contributed by atoms with Gasteiger partial charge in [0.25, 0.3) is 0 Å². The molecule has 0 radical (unpaired) electrons. The molecule has 6 heteroatoms. The van der Waals surface area contributed by atoms with Gasteiger partial charge in [0.2, 0.25) is 17.7 Å². The fourth-order valence-electron chi connectivity index (χ4n) is 3.32. The van der Waals surface area contributed by atoms with Crippen molar-refractivity contribution in [1.82, 2.24) is 10.6 Å². The van der Waals surface area contributed by atoms with Crippen LogP contribution in [-0.2, 0) is 14.4 Å². The summed E-state index contributed by atoms with van der Waals surface area (Å²) < 4.78 is 0. The third-order valence-corrected chi connectivity index (χ3v) is 4.53. The molecule has 0 bridgehead atoms. The van der Waals surface area contributed by atoms with Crippen LogP contribution in [0.2, 0.25) is 0 Å². The summed E-state index contributed by atoms with van der Waals surface area (Å²) in [6.45, 7) is 1.88. The number of amides is 3. The molecule has 1 aliphatic rings. The highest BCUT2D eigenvalue weighted by Gasteiger charge is 2.32. The summed E-state index contributed by atoms with van der Waals surface area (Å²) in [6, 6.07) is 18.2. The van der Waals surface area contributed by atoms with Gasteiger partial charge in [-0.1, -0.05) is 48.5 Å². The van der Waals surface area contributed by atoms with Crippen LogP contribution in [0.3, 0.4) is 0 Å². The Bertz CT molecular complexity index is 808. The first-order chi connectivity index (χ1) is 13.0. The number of hydrogen-bond donors (Lipinski definition) is 2. The molecule has 0 spiro atoms. The Labute approximate surface area is 158 Å². The molecule has 1 saturated heterocycles. The van der Waals surface area contributed by atoms with Crippen molar-refractivity contribution >= 4 is 23.4 Å². The van der Waals surface area contributed by atoms with Gasteiger partial charge in [-0.2, -0.15) is 0 Å². The summed E-state index contributed by atoms with van der Waals surface area (Å²) in [7, 11) is 0. The van der Waals surface area contributed by atoms with Crippen LogP contribution in [-0.4, -0.2) is 30.3 Å². The van der Waals surface area contributed by atoms with Crippen LogP contribution in [0.5, 0.6) is 0 Å². The van der Waals surface area contributed by atoms with Gasteiger partial charge in [0.1, 0.15) is 0 Å². The minimum absolute atomic E-state index is 0.00651. The van der Waals surface area contributed by atoms with E-state index in [2.05, 4.69) is 10.6 Å². The summed E-state index contributed by atoms with van der Waals surface area (Å²) in [4.78, 5) is 38.0. The van der Waals surface area contributed by atoms with E-state index >= 15 is 0 Å². The molecule has 1 heterocycles. The Morgan fingerprint density at radius 3 is 2.33 bits per heavy atom. The van der Waals surface area contributed by atoms with E-state index in [1.165, 1.54) is 6.92 Å². The first-order valence-corrected chi connectivity index (χ1v) is 9.00. The van der Waals surface area contributed by atoms with E-state index in [9.17, 15) is 14.4 Å². The average molecular weight is 365 g/mol. The molecule has 3 amide bonds. The van der Waals surface area contributed by atoms with E-state index in [1.807, 2.05) is 60.7 Å². The number of nitrogens with zero attached hydrogens (tertiary/aromatic N) is 1. The summed E-state index contributed by atoms with van der Waals surface area (Å²) in [5, 5.41) is 5.75. The number of rotatable bonds is 6. The van der Waals surface area contributed by atoms with Gasteiger partial charge in [0.05, 0.1) is 18.5 Å². The van der Waals surface area contributed by atoms with E-state index in [0.717, 1.165) is 11.3 Å².